The molecular formula is C38H30N4O4. The monoisotopic (exact) mass is 606 g/mol. The Morgan fingerprint density at radius 1 is 0.478 bits per heavy atom. The minimum absolute atomic E-state index is 0.385. The van der Waals surface area contributed by atoms with E-state index in [0.717, 1.165) is 11.1 Å². The first-order valence-corrected chi connectivity index (χ1v) is 14.3. The number of benzene rings is 5. The number of carbonyl (C=O) groups is 2. The lowest BCUT2D eigenvalue weighted by Crippen LogP contribution is -2.19. The van der Waals surface area contributed by atoms with Gasteiger partial charge >= 0.3 is 12.1 Å². The van der Waals surface area contributed by atoms with E-state index in [1.807, 2.05) is 60.7 Å². The number of hydrogen-bond donors (Lipinski definition) is 4. The largest absolute Gasteiger partial charge is 0.497 e. The number of carbonyl (C=O) groups excluding carboxylic acids is 2. The lowest BCUT2D eigenvalue weighted by Gasteiger charge is -2.09. The van der Waals surface area contributed by atoms with E-state index in [-0.39, 0.29) is 12.1 Å². The van der Waals surface area contributed by atoms with Gasteiger partial charge in [-0.25, -0.2) is 9.59 Å². The Balaban J connectivity index is 1.25. The molecule has 0 fully saturated rings. The normalized spacial score (nSPS) is 9.78. The Hall–Kier alpha value is -6.64. The molecule has 8 heteroatoms. The Morgan fingerprint density at radius 3 is 1.30 bits per heavy atom. The van der Waals surface area contributed by atoms with Crippen molar-refractivity contribution in [3.63, 3.8) is 0 Å². The molecule has 0 atom stereocenters. The number of anilines is 4. The third kappa shape index (κ3) is 8.70. The van der Waals surface area contributed by atoms with Gasteiger partial charge in [0.15, 0.2) is 0 Å². The van der Waals surface area contributed by atoms with Gasteiger partial charge in [0.25, 0.3) is 0 Å². The summed E-state index contributed by atoms with van der Waals surface area (Å²) in [6, 6.07) is 35.6. The van der Waals surface area contributed by atoms with E-state index in [1.165, 1.54) is 0 Å². The molecule has 46 heavy (non-hydrogen) atoms. The van der Waals surface area contributed by atoms with Crippen molar-refractivity contribution in [1.29, 1.82) is 0 Å². The maximum Gasteiger partial charge on any atom is 0.323 e. The highest BCUT2D eigenvalue weighted by molar-refractivity contribution is 6.01. The summed E-state index contributed by atoms with van der Waals surface area (Å²) in [5.74, 6) is 14.0. The summed E-state index contributed by atoms with van der Waals surface area (Å²) in [6.07, 6.45) is 0. The summed E-state index contributed by atoms with van der Waals surface area (Å²) in [7, 11) is 3.18. The zero-order valence-electron chi connectivity index (χ0n) is 25.2. The van der Waals surface area contributed by atoms with Crippen molar-refractivity contribution < 1.29 is 19.1 Å². The SMILES string of the molecule is COc1ccc(NC(=O)Nc2ccccc2C#Cc2cccc(C#Cc3ccccc3NC(=O)Nc3ccc(OC)cc3)c2)cc1. The number of urea groups is 2. The van der Waals surface area contributed by atoms with Crippen LogP contribution in [0.4, 0.5) is 32.3 Å². The van der Waals surface area contributed by atoms with Gasteiger partial charge in [-0.05, 0) is 91.0 Å². The Labute approximate surface area is 267 Å². The molecule has 0 unspecified atom stereocenters. The molecule has 0 bridgehead atoms. The predicted octanol–water partition coefficient (Wildman–Crippen LogP) is 7.79. The van der Waals surface area contributed by atoms with Crippen LogP contribution in [0.1, 0.15) is 22.3 Å². The lowest BCUT2D eigenvalue weighted by molar-refractivity contribution is 0.261. The molecule has 0 radical (unpaired) electrons. The van der Waals surface area contributed by atoms with Crippen molar-refractivity contribution >= 4 is 34.8 Å². The van der Waals surface area contributed by atoms with Crippen molar-refractivity contribution in [1.82, 2.24) is 0 Å². The van der Waals surface area contributed by atoms with Gasteiger partial charge in [0, 0.05) is 33.6 Å². The fourth-order valence-corrected chi connectivity index (χ4v) is 4.27. The molecule has 0 aromatic heterocycles. The molecule has 0 saturated heterocycles. The first-order valence-electron chi connectivity index (χ1n) is 14.3. The molecule has 8 nitrogen and oxygen atoms in total. The zero-order valence-corrected chi connectivity index (χ0v) is 25.2. The van der Waals surface area contributed by atoms with E-state index in [2.05, 4.69) is 44.9 Å². The van der Waals surface area contributed by atoms with Gasteiger partial charge in [-0.15, -0.1) is 0 Å². The summed E-state index contributed by atoms with van der Waals surface area (Å²) in [6.45, 7) is 0. The van der Waals surface area contributed by atoms with Gasteiger partial charge in [-0.1, -0.05) is 54.0 Å². The number of rotatable bonds is 6. The van der Waals surface area contributed by atoms with Crippen LogP contribution < -0.4 is 30.7 Å². The second-order valence-corrected chi connectivity index (χ2v) is 9.79. The van der Waals surface area contributed by atoms with Crippen LogP contribution in [0.15, 0.2) is 121 Å². The van der Waals surface area contributed by atoms with E-state index in [4.69, 9.17) is 9.47 Å². The molecule has 0 aliphatic carbocycles. The van der Waals surface area contributed by atoms with Crippen molar-refractivity contribution in [2.24, 2.45) is 0 Å². The summed E-state index contributed by atoms with van der Waals surface area (Å²) >= 11 is 0. The summed E-state index contributed by atoms with van der Waals surface area (Å²) < 4.78 is 10.3. The molecule has 0 heterocycles. The van der Waals surface area contributed by atoms with Crippen molar-refractivity contribution in [3.05, 3.63) is 144 Å². The van der Waals surface area contributed by atoms with Gasteiger partial charge in [0.05, 0.1) is 25.6 Å². The van der Waals surface area contributed by atoms with Gasteiger partial charge in [-0.2, -0.15) is 0 Å². The smallest absolute Gasteiger partial charge is 0.323 e. The molecule has 0 spiro atoms. The Morgan fingerprint density at radius 2 is 0.891 bits per heavy atom. The Kier molecular flexibility index (Phi) is 10.2. The topological polar surface area (TPSA) is 101 Å². The second-order valence-electron chi connectivity index (χ2n) is 9.79. The first kappa shape index (κ1) is 30.8. The first-order chi connectivity index (χ1) is 22.5. The predicted molar refractivity (Wildman–Crippen MR) is 183 cm³/mol. The third-order valence-electron chi connectivity index (χ3n) is 6.59. The highest BCUT2D eigenvalue weighted by Gasteiger charge is 2.07. The third-order valence-corrected chi connectivity index (χ3v) is 6.59. The maximum absolute atomic E-state index is 12.6. The van der Waals surface area contributed by atoms with Gasteiger partial charge in [-0.3, -0.25) is 0 Å². The molecule has 4 N–H and O–H groups in total. The van der Waals surface area contributed by atoms with Crippen molar-refractivity contribution in [2.75, 3.05) is 35.5 Å². The molecule has 5 aromatic carbocycles. The number of hydrogen-bond acceptors (Lipinski definition) is 4. The number of para-hydroxylation sites is 2. The van der Waals surface area contributed by atoms with E-state index >= 15 is 0 Å². The molecular weight excluding hydrogens is 576 g/mol. The van der Waals surface area contributed by atoms with E-state index in [9.17, 15) is 9.59 Å². The van der Waals surface area contributed by atoms with Gasteiger partial charge in [0.2, 0.25) is 0 Å². The van der Waals surface area contributed by atoms with E-state index in [0.29, 0.717) is 45.4 Å². The number of amides is 4. The highest BCUT2D eigenvalue weighted by atomic mass is 16.5. The summed E-state index contributed by atoms with van der Waals surface area (Å²) in [5.41, 5.74) is 5.27. The lowest BCUT2D eigenvalue weighted by atomic mass is 10.1. The molecule has 0 aliphatic heterocycles. The maximum atomic E-state index is 12.6. The molecule has 0 aliphatic rings. The van der Waals surface area contributed by atoms with Crippen LogP contribution in [-0.4, -0.2) is 26.3 Å². The minimum atomic E-state index is -0.385. The second kappa shape index (κ2) is 15.2. The van der Waals surface area contributed by atoms with Crippen LogP contribution in [0.3, 0.4) is 0 Å². The Bertz CT molecular complexity index is 1820. The van der Waals surface area contributed by atoms with Crippen molar-refractivity contribution in [2.45, 2.75) is 0 Å². The average Bonchev–Trinajstić information content (AvgIpc) is 3.08. The minimum Gasteiger partial charge on any atom is -0.497 e. The van der Waals surface area contributed by atoms with Crippen LogP contribution in [0.5, 0.6) is 11.5 Å². The molecule has 0 saturated carbocycles. The summed E-state index contributed by atoms with van der Waals surface area (Å²) in [4.78, 5) is 25.3. The van der Waals surface area contributed by atoms with Crippen LogP contribution in [-0.2, 0) is 0 Å². The quantitative estimate of drug-likeness (QED) is 0.148. The van der Waals surface area contributed by atoms with Gasteiger partial charge < -0.3 is 30.7 Å². The highest BCUT2D eigenvalue weighted by Crippen LogP contribution is 2.19. The fourth-order valence-electron chi connectivity index (χ4n) is 4.27. The van der Waals surface area contributed by atoms with Gasteiger partial charge in [0.1, 0.15) is 11.5 Å². The molecule has 5 rings (SSSR count). The van der Waals surface area contributed by atoms with Crippen LogP contribution in [0, 0.1) is 23.7 Å². The number of nitrogens with one attached hydrogen (secondary N) is 4. The molecule has 226 valence electrons. The molecule has 4 amide bonds. The van der Waals surface area contributed by atoms with E-state index in [1.54, 1.807) is 74.9 Å². The zero-order chi connectivity index (χ0) is 32.1. The van der Waals surface area contributed by atoms with E-state index < -0.39 is 0 Å². The number of methoxy groups -OCH3 is 2. The van der Waals surface area contributed by atoms with Crippen LogP contribution >= 0.6 is 0 Å². The molecule has 5 aromatic rings. The number of ether oxygens (including phenoxy) is 2. The van der Waals surface area contributed by atoms with Crippen LogP contribution in [0.25, 0.3) is 0 Å². The van der Waals surface area contributed by atoms with Crippen molar-refractivity contribution in [3.8, 4) is 35.2 Å². The fraction of sp³-hybridized carbons (Fsp3) is 0.0526. The average molecular weight is 607 g/mol. The summed E-state index contributed by atoms with van der Waals surface area (Å²) in [5, 5.41) is 11.3. The standard InChI is InChI=1S/C38H30N4O4/c1-45-33-22-18-31(19-23-33)39-37(43)41-35-12-5-3-10-29(35)16-14-27-8-7-9-28(26-27)15-17-30-11-4-6-13-36(30)42-38(44)40-32-20-24-34(46-2)25-21-32/h3-13,18-26H,1-2H3,(H2,39,41,43)(H2,40,42,44). The van der Waals surface area contributed by atoms with Crippen LogP contribution in [0.2, 0.25) is 0 Å².